The molecule has 2 aromatic carbocycles. The van der Waals surface area contributed by atoms with Gasteiger partial charge in [0.2, 0.25) is 0 Å². The van der Waals surface area contributed by atoms with Gasteiger partial charge in [0.25, 0.3) is 0 Å². The minimum Gasteiger partial charge on any atom is -0.354 e. The molecule has 6 heteroatoms. The molecule has 23 heavy (non-hydrogen) atoms. The summed E-state index contributed by atoms with van der Waals surface area (Å²) in [6.07, 6.45) is 3.73. The lowest BCUT2D eigenvalue weighted by Gasteiger charge is -2.15. The predicted octanol–water partition coefficient (Wildman–Crippen LogP) is 4.48. The van der Waals surface area contributed by atoms with E-state index < -0.39 is 0 Å². The first kappa shape index (κ1) is 16.2. The van der Waals surface area contributed by atoms with Gasteiger partial charge in [-0.1, -0.05) is 53.5 Å². The van der Waals surface area contributed by atoms with Crippen LogP contribution in [0.4, 0.5) is 0 Å². The Morgan fingerprint density at radius 2 is 2.04 bits per heavy atom. The summed E-state index contributed by atoms with van der Waals surface area (Å²) in [6.45, 7) is 0. The fraction of sp³-hybridized carbons (Fsp3) is 0.176. The summed E-state index contributed by atoms with van der Waals surface area (Å²) >= 11 is 17.2. The Kier molecular flexibility index (Phi) is 5.16. The number of hydrogen-bond acceptors (Lipinski definition) is 2. The first-order valence-corrected chi connectivity index (χ1v) is 8.42. The van der Waals surface area contributed by atoms with E-state index in [1.165, 1.54) is 11.1 Å². The lowest BCUT2D eigenvalue weighted by Crippen LogP contribution is -2.34. The van der Waals surface area contributed by atoms with E-state index >= 15 is 0 Å². The van der Waals surface area contributed by atoms with Crippen LogP contribution in [0, 0.1) is 0 Å². The van der Waals surface area contributed by atoms with Crippen LogP contribution in [-0.2, 0) is 6.42 Å². The highest BCUT2D eigenvalue weighted by Gasteiger charge is 2.22. The van der Waals surface area contributed by atoms with Gasteiger partial charge in [-0.15, -0.1) is 0 Å². The second-order valence-corrected chi connectivity index (χ2v) is 6.55. The molecule has 0 heterocycles. The average molecular weight is 364 g/mol. The summed E-state index contributed by atoms with van der Waals surface area (Å²) in [7, 11) is 0. The fourth-order valence-electron chi connectivity index (χ4n) is 2.66. The highest BCUT2D eigenvalue weighted by atomic mass is 35.5. The van der Waals surface area contributed by atoms with E-state index in [4.69, 9.17) is 35.4 Å². The van der Waals surface area contributed by atoms with Gasteiger partial charge in [0.15, 0.2) is 5.11 Å². The van der Waals surface area contributed by atoms with Gasteiger partial charge in [0.1, 0.15) is 0 Å². The fourth-order valence-corrected chi connectivity index (χ4v) is 3.32. The Morgan fingerprint density at radius 3 is 2.87 bits per heavy atom. The lowest BCUT2D eigenvalue weighted by atomic mass is 10.1. The average Bonchev–Trinajstić information content (AvgIpc) is 2.93. The van der Waals surface area contributed by atoms with Gasteiger partial charge in [-0.3, -0.25) is 5.43 Å². The van der Waals surface area contributed by atoms with Crippen LogP contribution in [0.1, 0.15) is 29.2 Å². The highest BCUT2D eigenvalue weighted by molar-refractivity contribution is 7.80. The van der Waals surface area contributed by atoms with Gasteiger partial charge in [0.05, 0.1) is 17.3 Å². The molecule has 0 fully saturated rings. The van der Waals surface area contributed by atoms with Crippen LogP contribution in [0.5, 0.6) is 0 Å². The molecule has 0 spiro atoms. The Hall–Kier alpha value is -1.62. The van der Waals surface area contributed by atoms with Gasteiger partial charge in [-0.2, -0.15) is 5.10 Å². The molecule has 0 aromatic heterocycles. The monoisotopic (exact) mass is 363 g/mol. The molecule has 2 N–H and O–H groups in total. The third kappa shape index (κ3) is 4.02. The van der Waals surface area contributed by atoms with Crippen LogP contribution in [-0.4, -0.2) is 11.3 Å². The maximum absolute atomic E-state index is 6.09. The Morgan fingerprint density at radius 1 is 1.22 bits per heavy atom. The van der Waals surface area contributed by atoms with Crippen molar-refractivity contribution in [1.82, 2.24) is 10.7 Å². The van der Waals surface area contributed by atoms with Crippen molar-refractivity contribution in [3.63, 3.8) is 0 Å². The number of nitrogens with one attached hydrogen (secondary N) is 2. The molecule has 0 amide bonds. The molecule has 0 aliphatic heterocycles. The molecule has 1 aliphatic rings. The number of thiocarbonyl (C=S) groups is 1. The van der Waals surface area contributed by atoms with Crippen LogP contribution in [0.15, 0.2) is 47.6 Å². The number of rotatable bonds is 3. The summed E-state index contributed by atoms with van der Waals surface area (Å²) in [5, 5.41) is 9.06. The second-order valence-electron chi connectivity index (χ2n) is 5.30. The van der Waals surface area contributed by atoms with Gasteiger partial charge < -0.3 is 5.32 Å². The Labute approximate surface area is 150 Å². The number of halogens is 2. The molecule has 2 aromatic rings. The topological polar surface area (TPSA) is 36.4 Å². The molecule has 0 bridgehead atoms. The van der Waals surface area contributed by atoms with E-state index in [2.05, 4.69) is 40.1 Å². The van der Waals surface area contributed by atoms with E-state index in [0.29, 0.717) is 15.2 Å². The number of benzene rings is 2. The maximum atomic E-state index is 6.09. The highest BCUT2D eigenvalue weighted by Crippen LogP contribution is 2.30. The quantitative estimate of drug-likeness (QED) is 0.479. The Balaban J connectivity index is 1.57. The van der Waals surface area contributed by atoms with Crippen molar-refractivity contribution in [3.8, 4) is 0 Å². The van der Waals surface area contributed by atoms with E-state index in [0.717, 1.165) is 18.4 Å². The second kappa shape index (κ2) is 7.30. The molecule has 0 radical (unpaired) electrons. The van der Waals surface area contributed by atoms with Crippen molar-refractivity contribution in [1.29, 1.82) is 0 Å². The zero-order chi connectivity index (χ0) is 16.2. The number of hydrogen-bond donors (Lipinski definition) is 2. The molecule has 3 nitrogen and oxygen atoms in total. The number of nitrogens with zero attached hydrogens (tertiary/aromatic N) is 1. The van der Waals surface area contributed by atoms with E-state index in [1.807, 2.05) is 0 Å². The summed E-state index contributed by atoms with van der Waals surface area (Å²) in [6, 6.07) is 13.9. The lowest BCUT2D eigenvalue weighted by molar-refractivity contribution is 0.633. The SMILES string of the molecule is S=C(N/N=C/c1ccc(Cl)cc1Cl)N[C@H]1CCc2ccccc21. The Bertz CT molecular complexity index is 761. The van der Waals surface area contributed by atoms with Gasteiger partial charge in [-0.25, -0.2) is 0 Å². The number of fused-ring (bicyclic) bond motifs is 1. The number of hydrazone groups is 1. The third-order valence-electron chi connectivity index (χ3n) is 3.77. The maximum Gasteiger partial charge on any atom is 0.187 e. The smallest absolute Gasteiger partial charge is 0.187 e. The van der Waals surface area contributed by atoms with Crippen molar-refractivity contribution in [3.05, 3.63) is 69.2 Å². The largest absolute Gasteiger partial charge is 0.354 e. The minimum atomic E-state index is 0.237. The summed E-state index contributed by atoms with van der Waals surface area (Å²) in [5.41, 5.74) is 6.29. The van der Waals surface area contributed by atoms with Crippen LogP contribution in [0.25, 0.3) is 0 Å². The molecule has 1 atom stereocenters. The van der Waals surface area contributed by atoms with Gasteiger partial charge >= 0.3 is 0 Å². The van der Waals surface area contributed by atoms with E-state index in [-0.39, 0.29) is 6.04 Å². The summed E-state index contributed by atoms with van der Waals surface area (Å²) < 4.78 is 0. The molecular weight excluding hydrogens is 349 g/mol. The normalized spacial score (nSPS) is 16.3. The van der Waals surface area contributed by atoms with Gasteiger partial charge in [-0.05, 0) is 48.3 Å². The van der Waals surface area contributed by atoms with E-state index in [9.17, 15) is 0 Å². The number of aryl methyl sites for hydroxylation is 1. The van der Waals surface area contributed by atoms with Crippen molar-refractivity contribution in [2.24, 2.45) is 5.10 Å². The molecule has 0 saturated carbocycles. The summed E-state index contributed by atoms with van der Waals surface area (Å²) in [4.78, 5) is 0. The van der Waals surface area contributed by atoms with Crippen molar-refractivity contribution >= 4 is 46.7 Å². The van der Waals surface area contributed by atoms with Crippen LogP contribution in [0.2, 0.25) is 10.0 Å². The zero-order valence-electron chi connectivity index (χ0n) is 12.2. The van der Waals surface area contributed by atoms with Crippen LogP contribution < -0.4 is 10.7 Å². The zero-order valence-corrected chi connectivity index (χ0v) is 14.6. The molecule has 0 saturated heterocycles. The molecule has 1 aliphatic carbocycles. The van der Waals surface area contributed by atoms with Gasteiger partial charge in [0, 0.05) is 10.6 Å². The summed E-state index contributed by atoms with van der Waals surface area (Å²) in [5.74, 6) is 0. The first-order chi connectivity index (χ1) is 11.1. The first-order valence-electron chi connectivity index (χ1n) is 7.26. The minimum absolute atomic E-state index is 0.237. The predicted molar refractivity (Wildman–Crippen MR) is 100 cm³/mol. The van der Waals surface area contributed by atoms with Crippen molar-refractivity contribution in [2.45, 2.75) is 18.9 Å². The molecule has 0 unspecified atom stereocenters. The molecule has 3 rings (SSSR count). The third-order valence-corrected chi connectivity index (χ3v) is 4.54. The molecular formula is C17H15Cl2N3S. The van der Waals surface area contributed by atoms with Crippen LogP contribution >= 0.6 is 35.4 Å². The van der Waals surface area contributed by atoms with Crippen molar-refractivity contribution < 1.29 is 0 Å². The van der Waals surface area contributed by atoms with Crippen molar-refractivity contribution in [2.75, 3.05) is 0 Å². The molecule has 118 valence electrons. The standard InChI is InChI=1S/C17H15Cl2N3S/c18-13-7-5-12(15(19)9-13)10-20-22-17(23)21-16-8-6-11-3-1-2-4-14(11)16/h1-5,7,9-10,16H,6,8H2,(H2,21,22,23)/b20-10+/t16-/m0/s1. The van der Waals surface area contributed by atoms with Crippen LogP contribution in [0.3, 0.4) is 0 Å². The van der Waals surface area contributed by atoms with E-state index in [1.54, 1.807) is 24.4 Å².